The van der Waals surface area contributed by atoms with Crippen molar-refractivity contribution >= 4 is 17.9 Å². The zero-order valence-corrected chi connectivity index (χ0v) is 12.1. The Morgan fingerprint density at radius 1 is 1.30 bits per heavy atom. The lowest BCUT2D eigenvalue weighted by Gasteiger charge is -2.23. The Morgan fingerprint density at radius 3 is 2.40 bits per heavy atom. The highest BCUT2D eigenvalue weighted by Crippen LogP contribution is 2.08. The lowest BCUT2D eigenvalue weighted by Crippen LogP contribution is -2.49. The molecule has 0 aromatic rings. The van der Waals surface area contributed by atoms with Gasteiger partial charge in [0.05, 0.1) is 0 Å². The smallest absolute Gasteiger partial charge is 0.326 e. The Morgan fingerprint density at radius 2 is 1.90 bits per heavy atom. The van der Waals surface area contributed by atoms with E-state index in [2.05, 4.69) is 5.32 Å². The molecule has 0 radical (unpaired) electrons. The molecule has 3 amide bonds. The summed E-state index contributed by atoms with van der Waals surface area (Å²) in [5.41, 5.74) is 0. The molecule has 1 heterocycles. The Kier molecular flexibility index (Phi) is 6.27. The number of amides is 3. The number of hydrogen-bond donors (Lipinski definition) is 2. The van der Waals surface area contributed by atoms with Gasteiger partial charge in [-0.15, -0.1) is 0 Å². The Hall–Kier alpha value is -1.79. The highest BCUT2D eigenvalue weighted by molar-refractivity contribution is 5.86. The fourth-order valence-corrected chi connectivity index (χ4v) is 2.15. The molecule has 0 bridgehead atoms. The molecule has 1 rings (SSSR count). The summed E-state index contributed by atoms with van der Waals surface area (Å²) in [4.78, 5) is 37.7. The summed E-state index contributed by atoms with van der Waals surface area (Å²) in [6.45, 7) is 3.30. The van der Waals surface area contributed by atoms with Crippen molar-refractivity contribution in [1.82, 2.24) is 15.1 Å². The molecule has 1 fully saturated rings. The molecule has 114 valence electrons. The highest BCUT2D eigenvalue weighted by atomic mass is 16.4. The molecule has 7 heteroatoms. The molecule has 0 aromatic carbocycles. The minimum atomic E-state index is -1.06. The van der Waals surface area contributed by atoms with Gasteiger partial charge in [0.15, 0.2) is 0 Å². The van der Waals surface area contributed by atoms with Gasteiger partial charge >= 0.3 is 12.0 Å². The third kappa shape index (κ3) is 4.71. The van der Waals surface area contributed by atoms with Crippen molar-refractivity contribution in [2.75, 3.05) is 26.7 Å². The number of nitrogens with zero attached hydrogens (tertiary/aromatic N) is 2. The molecule has 1 aliphatic rings. The maximum absolute atomic E-state index is 11.9. The van der Waals surface area contributed by atoms with Gasteiger partial charge in [-0.05, 0) is 19.3 Å². The van der Waals surface area contributed by atoms with Gasteiger partial charge in [-0.25, -0.2) is 9.59 Å². The Labute approximate surface area is 118 Å². The van der Waals surface area contributed by atoms with Crippen LogP contribution in [0.5, 0.6) is 0 Å². The first-order chi connectivity index (χ1) is 9.45. The van der Waals surface area contributed by atoms with Crippen molar-refractivity contribution < 1.29 is 19.5 Å². The van der Waals surface area contributed by atoms with Crippen LogP contribution in [0, 0.1) is 0 Å². The van der Waals surface area contributed by atoms with Gasteiger partial charge in [0.2, 0.25) is 5.91 Å². The number of urea groups is 1. The van der Waals surface area contributed by atoms with E-state index in [1.807, 2.05) is 6.92 Å². The molecule has 1 atom stereocenters. The second kappa shape index (κ2) is 7.72. The van der Waals surface area contributed by atoms with Crippen LogP contribution in [0.4, 0.5) is 4.79 Å². The number of hydrogen-bond acceptors (Lipinski definition) is 3. The van der Waals surface area contributed by atoms with Crippen molar-refractivity contribution in [3.05, 3.63) is 0 Å². The maximum atomic E-state index is 11.9. The fourth-order valence-electron chi connectivity index (χ4n) is 2.15. The molecular weight excluding hydrogens is 262 g/mol. The molecule has 20 heavy (non-hydrogen) atoms. The summed E-state index contributed by atoms with van der Waals surface area (Å²) in [7, 11) is 1.49. The number of carbonyl (C=O) groups excluding carboxylic acids is 2. The zero-order chi connectivity index (χ0) is 15.1. The van der Waals surface area contributed by atoms with Gasteiger partial charge in [0.25, 0.3) is 0 Å². The molecule has 1 aliphatic heterocycles. The summed E-state index contributed by atoms with van der Waals surface area (Å²) < 4.78 is 0. The predicted octanol–water partition coefficient (Wildman–Crippen LogP) is 0.504. The van der Waals surface area contributed by atoms with E-state index in [0.717, 1.165) is 25.9 Å². The number of carboxylic acid groups (broad SMARTS) is 1. The van der Waals surface area contributed by atoms with Gasteiger partial charge in [-0.2, -0.15) is 0 Å². The molecule has 0 saturated carbocycles. The number of likely N-dealkylation sites (N-methyl/N-ethyl adjacent to an activating group) is 1. The summed E-state index contributed by atoms with van der Waals surface area (Å²) in [6.07, 6.45) is 3.03. The maximum Gasteiger partial charge on any atom is 0.326 e. The normalized spacial score (nSPS) is 15.8. The van der Waals surface area contributed by atoms with Crippen molar-refractivity contribution in [2.24, 2.45) is 0 Å². The number of nitrogens with one attached hydrogen (secondary N) is 1. The van der Waals surface area contributed by atoms with E-state index in [4.69, 9.17) is 5.11 Å². The molecule has 7 nitrogen and oxygen atoms in total. The zero-order valence-electron chi connectivity index (χ0n) is 12.1. The number of rotatable bonds is 6. The second-order valence-electron chi connectivity index (χ2n) is 5.07. The van der Waals surface area contributed by atoms with Gasteiger partial charge in [0.1, 0.15) is 12.6 Å². The number of carboxylic acids is 1. The molecular formula is C13H23N3O4. The first-order valence-corrected chi connectivity index (χ1v) is 6.98. The summed E-state index contributed by atoms with van der Waals surface area (Å²) in [6, 6.07) is -1.43. The minimum Gasteiger partial charge on any atom is -0.480 e. The first kappa shape index (κ1) is 16.3. The van der Waals surface area contributed by atoms with Crippen LogP contribution in [0.3, 0.4) is 0 Å². The fraction of sp³-hybridized carbons (Fsp3) is 0.769. The van der Waals surface area contributed by atoms with Crippen LogP contribution in [0.25, 0.3) is 0 Å². The van der Waals surface area contributed by atoms with E-state index in [0.29, 0.717) is 12.8 Å². The monoisotopic (exact) mass is 285 g/mol. The lowest BCUT2D eigenvalue weighted by molar-refractivity contribution is -0.139. The number of aliphatic carboxylic acids is 1. The Bertz CT molecular complexity index is 367. The van der Waals surface area contributed by atoms with Gasteiger partial charge in [-0.1, -0.05) is 13.3 Å². The van der Waals surface area contributed by atoms with Crippen LogP contribution in [0.2, 0.25) is 0 Å². The van der Waals surface area contributed by atoms with Crippen LogP contribution in [-0.4, -0.2) is 65.5 Å². The minimum absolute atomic E-state index is 0.0235. The van der Waals surface area contributed by atoms with Crippen LogP contribution in [-0.2, 0) is 9.59 Å². The SMILES string of the molecule is CCCC(NC(=O)N(C)CC(=O)N1CCCC1)C(=O)O. The van der Waals surface area contributed by atoms with E-state index >= 15 is 0 Å². The second-order valence-corrected chi connectivity index (χ2v) is 5.07. The van der Waals surface area contributed by atoms with Crippen LogP contribution >= 0.6 is 0 Å². The third-order valence-corrected chi connectivity index (χ3v) is 3.35. The molecule has 0 aliphatic carbocycles. The third-order valence-electron chi connectivity index (χ3n) is 3.35. The van der Waals surface area contributed by atoms with E-state index < -0.39 is 18.0 Å². The van der Waals surface area contributed by atoms with E-state index in [1.54, 1.807) is 4.90 Å². The average Bonchev–Trinajstić information content (AvgIpc) is 2.91. The topological polar surface area (TPSA) is 90.0 Å². The lowest BCUT2D eigenvalue weighted by atomic mass is 10.2. The van der Waals surface area contributed by atoms with E-state index in [-0.39, 0.29) is 12.5 Å². The highest BCUT2D eigenvalue weighted by Gasteiger charge is 2.24. The molecule has 2 N–H and O–H groups in total. The van der Waals surface area contributed by atoms with Crippen LogP contribution < -0.4 is 5.32 Å². The number of carbonyl (C=O) groups is 3. The summed E-state index contributed by atoms with van der Waals surface area (Å²) in [5, 5.41) is 11.4. The summed E-state index contributed by atoms with van der Waals surface area (Å²) in [5.74, 6) is -1.15. The van der Waals surface area contributed by atoms with Gasteiger partial charge in [0, 0.05) is 20.1 Å². The van der Waals surface area contributed by atoms with Crippen LogP contribution in [0.15, 0.2) is 0 Å². The van der Waals surface area contributed by atoms with Gasteiger partial charge in [-0.3, -0.25) is 4.79 Å². The first-order valence-electron chi connectivity index (χ1n) is 6.98. The van der Waals surface area contributed by atoms with Crippen molar-refractivity contribution in [3.8, 4) is 0 Å². The van der Waals surface area contributed by atoms with Gasteiger partial charge < -0.3 is 20.2 Å². The summed E-state index contributed by atoms with van der Waals surface area (Å²) >= 11 is 0. The number of likely N-dealkylation sites (tertiary alicyclic amines) is 1. The largest absolute Gasteiger partial charge is 0.480 e. The van der Waals surface area contributed by atoms with E-state index in [1.165, 1.54) is 11.9 Å². The predicted molar refractivity (Wildman–Crippen MR) is 73.3 cm³/mol. The van der Waals surface area contributed by atoms with E-state index in [9.17, 15) is 14.4 Å². The molecule has 1 saturated heterocycles. The van der Waals surface area contributed by atoms with Crippen molar-refractivity contribution in [2.45, 2.75) is 38.6 Å². The average molecular weight is 285 g/mol. The Balaban J connectivity index is 2.44. The van der Waals surface area contributed by atoms with Crippen molar-refractivity contribution in [3.63, 3.8) is 0 Å². The molecule has 0 spiro atoms. The standard InChI is InChI=1S/C13H23N3O4/c1-3-6-10(12(18)19)14-13(20)15(2)9-11(17)16-7-4-5-8-16/h10H,3-9H2,1-2H3,(H,14,20)(H,18,19). The molecule has 0 aromatic heterocycles. The quantitative estimate of drug-likeness (QED) is 0.743. The van der Waals surface area contributed by atoms with Crippen molar-refractivity contribution in [1.29, 1.82) is 0 Å². The molecule has 1 unspecified atom stereocenters. The van der Waals surface area contributed by atoms with Crippen LogP contribution in [0.1, 0.15) is 32.6 Å².